The Morgan fingerprint density at radius 2 is 1.87 bits per heavy atom. The Kier molecular flexibility index (Phi) is 4.55. The molecule has 0 spiro atoms. The maximum Gasteiger partial charge on any atom is 0.236 e. The van der Waals surface area contributed by atoms with Crippen molar-refractivity contribution in [2.24, 2.45) is 0 Å². The van der Waals surface area contributed by atoms with Crippen molar-refractivity contribution < 1.29 is 9.21 Å². The van der Waals surface area contributed by atoms with Crippen LogP contribution in [0.15, 0.2) is 34.9 Å². The molecule has 1 amide bonds. The van der Waals surface area contributed by atoms with Crippen molar-refractivity contribution in [3.8, 4) is 22.8 Å². The highest BCUT2D eigenvalue weighted by Crippen LogP contribution is 2.43. The lowest BCUT2D eigenvalue weighted by molar-refractivity contribution is -0.121. The fraction of sp³-hybridized carbons (Fsp3) is 0.458. The van der Waals surface area contributed by atoms with E-state index in [1.807, 2.05) is 40.0 Å². The third-order valence-electron chi connectivity index (χ3n) is 6.89. The molecule has 0 N–H and O–H groups in total. The summed E-state index contributed by atoms with van der Waals surface area (Å²) in [6.45, 7) is 8.00. The van der Waals surface area contributed by atoms with Gasteiger partial charge >= 0.3 is 0 Å². The summed E-state index contributed by atoms with van der Waals surface area (Å²) >= 11 is 0. The van der Waals surface area contributed by atoms with Crippen molar-refractivity contribution in [2.75, 3.05) is 32.1 Å². The second-order valence-electron chi connectivity index (χ2n) is 9.35. The Morgan fingerprint density at radius 3 is 2.55 bits per heavy atom. The van der Waals surface area contributed by atoms with Gasteiger partial charge in [0.15, 0.2) is 11.6 Å². The number of furan rings is 1. The van der Waals surface area contributed by atoms with Gasteiger partial charge in [0, 0.05) is 18.3 Å². The van der Waals surface area contributed by atoms with Gasteiger partial charge < -0.3 is 14.2 Å². The van der Waals surface area contributed by atoms with E-state index in [2.05, 4.69) is 28.8 Å². The molecule has 0 bridgehead atoms. The topological polar surface area (TPSA) is 67.4 Å². The molecule has 2 aliphatic heterocycles. The summed E-state index contributed by atoms with van der Waals surface area (Å²) in [7, 11) is 4.01. The minimum absolute atomic E-state index is 0.117. The number of anilines is 1. The number of hydrogen-bond acceptors (Lipinski definition) is 5. The van der Waals surface area contributed by atoms with Gasteiger partial charge in [-0.1, -0.05) is 0 Å². The first-order chi connectivity index (χ1) is 14.8. The molecule has 0 aliphatic carbocycles. The molecule has 0 unspecified atom stereocenters. The molecule has 2 aromatic heterocycles. The Bertz CT molecular complexity index is 1150. The number of likely N-dealkylation sites (N-methyl/N-ethyl adjacent to an activating group) is 1. The number of aromatic nitrogens is 3. The first-order valence-corrected chi connectivity index (χ1v) is 10.9. The van der Waals surface area contributed by atoms with Crippen molar-refractivity contribution >= 4 is 11.6 Å². The highest BCUT2D eigenvalue weighted by molar-refractivity contribution is 6.07. The van der Waals surface area contributed by atoms with Gasteiger partial charge in [-0.25, -0.2) is 9.67 Å². The van der Waals surface area contributed by atoms with Crippen LogP contribution in [-0.4, -0.2) is 52.8 Å². The van der Waals surface area contributed by atoms with Gasteiger partial charge in [0.05, 0.1) is 23.3 Å². The van der Waals surface area contributed by atoms with E-state index in [-0.39, 0.29) is 5.91 Å². The fourth-order valence-corrected chi connectivity index (χ4v) is 4.86. The zero-order chi connectivity index (χ0) is 21.9. The van der Waals surface area contributed by atoms with Gasteiger partial charge in [-0.3, -0.25) is 4.79 Å². The molecular formula is C24H29N5O2. The van der Waals surface area contributed by atoms with Crippen LogP contribution in [0.1, 0.15) is 44.1 Å². The van der Waals surface area contributed by atoms with Gasteiger partial charge in [-0.2, -0.15) is 5.10 Å². The number of carbonyl (C=O) groups is 1. The molecule has 7 nitrogen and oxygen atoms in total. The normalized spacial score (nSPS) is 19.3. The summed E-state index contributed by atoms with van der Waals surface area (Å²) in [6, 6.07) is 8.44. The predicted molar refractivity (Wildman–Crippen MR) is 120 cm³/mol. The Balaban J connectivity index is 1.64. The average molecular weight is 420 g/mol. The van der Waals surface area contributed by atoms with Crippen LogP contribution in [0, 0.1) is 6.92 Å². The highest BCUT2D eigenvalue weighted by atomic mass is 16.3. The van der Waals surface area contributed by atoms with Crippen LogP contribution in [0.5, 0.6) is 0 Å². The largest absolute Gasteiger partial charge is 0.469 e. The van der Waals surface area contributed by atoms with E-state index < -0.39 is 5.41 Å². The minimum atomic E-state index is -0.553. The Labute approximate surface area is 182 Å². The fourth-order valence-electron chi connectivity index (χ4n) is 4.86. The van der Waals surface area contributed by atoms with Gasteiger partial charge in [0.2, 0.25) is 5.91 Å². The van der Waals surface area contributed by atoms with Gasteiger partial charge in [0.1, 0.15) is 5.76 Å². The van der Waals surface area contributed by atoms with E-state index in [9.17, 15) is 4.79 Å². The van der Waals surface area contributed by atoms with Crippen molar-refractivity contribution in [1.82, 2.24) is 19.7 Å². The summed E-state index contributed by atoms with van der Waals surface area (Å²) in [6.07, 6.45) is 3.75. The van der Waals surface area contributed by atoms with E-state index in [0.717, 1.165) is 59.9 Å². The number of nitrogens with zero attached hydrogens (tertiary/aromatic N) is 5. The number of hydrogen-bond donors (Lipinski definition) is 0. The van der Waals surface area contributed by atoms with Crippen molar-refractivity contribution in [3.05, 3.63) is 41.9 Å². The highest BCUT2D eigenvalue weighted by Gasteiger charge is 2.42. The zero-order valence-corrected chi connectivity index (χ0v) is 18.8. The molecule has 4 heterocycles. The van der Waals surface area contributed by atoms with Gasteiger partial charge in [0.25, 0.3) is 0 Å². The van der Waals surface area contributed by atoms with Crippen LogP contribution < -0.4 is 4.90 Å². The molecule has 1 aromatic carbocycles. The smallest absolute Gasteiger partial charge is 0.236 e. The first kappa shape index (κ1) is 20.0. The van der Waals surface area contributed by atoms with Crippen LogP contribution in [0.3, 0.4) is 0 Å². The summed E-state index contributed by atoms with van der Waals surface area (Å²) in [4.78, 5) is 21.8. The monoisotopic (exact) mass is 419 g/mol. The lowest BCUT2D eigenvalue weighted by Crippen LogP contribution is -2.33. The van der Waals surface area contributed by atoms with Crippen LogP contribution in [-0.2, 0) is 10.2 Å². The standard InChI is InChI=1S/C24H29N5O2/c1-15-18(10-13-31-15)21-25-22(29(26-21)17-8-11-27(4)12-9-17)16-6-7-20-19(14-16)24(2,3)23(30)28(20)5/h6-7,10,13-14,17H,8-9,11-12H2,1-5H3. The Morgan fingerprint density at radius 1 is 1.13 bits per heavy atom. The number of amides is 1. The van der Waals surface area contributed by atoms with E-state index in [0.29, 0.717) is 11.9 Å². The molecule has 162 valence electrons. The first-order valence-electron chi connectivity index (χ1n) is 10.9. The second-order valence-corrected chi connectivity index (χ2v) is 9.35. The Hall–Kier alpha value is -2.93. The van der Waals surface area contributed by atoms with Crippen molar-refractivity contribution in [2.45, 2.75) is 45.1 Å². The quantitative estimate of drug-likeness (QED) is 0.641. The summed E-state index contributed by atoms with van der Waals surface area (Å²) in [5.41, 5.74) is 3.37. The van der Waals surface area contributed by atoms with Crippen LogP contribution in [0.25, 0.3) is 22.8 Å². The molecule has 0 atom stereocenters. The molecule has 1 saturated heterocycles. The lowest BCUT2D eigenvalue weighted by Gasteiger charge is -2.29. The number of likely N-dealkylation sites (tertiary alicyclic amines) is 1. The third-order valence-corrected chi connectivity index (χ3v) is 6.89. The summed E-state index contributed by atoms with van der Waals surface area (Å²) in [5.74, 6) is 2.47. The van der Waals surface area contributed by atoms with E-state index in [1.165, 1.54) is 0 Å². The predicted octanol–water partition coefficient (Wildman–Crippen LogP) is 4.03. The maximum absolute atomic E-state index is 12.8. The maximum atomic E-state index is 12.8. The molecule has 3 aromatic rings. The van der Waals surface area contributed by atoms with Gasteiger partial charge in [-0.15, -0.1) is 0 Å². The minimum Gasteiger partial charge on any atom is -0.469 e. The third kappa shape index (κ3) is 3.10. The number of rotatable bonds is 3. The summed E-state index contributed by atoms with van der Waals surface area (Å²) < 4.78 is 7.61. The second kappa shape index (κ2) is 7.05. The van der Waals surface area contributed by atoms with Crippen LogP contribution in [0.2, 0.25) is 0 Å². The number of carbonyl (C=O) groups excluding carboxylic acids is 1. The number of benzene rings is 1. The van der Waals surface area contributed by atoms with Crippen molar-refractivity contribution in [3.63, 3.8) is 0 Å². The van der Waals surface area contributed by atoms with Crippen molar-refractivity contribution in [1.29, 1.82) is 0 Å². The summed E-state index contributed by atoms with van der Waals surface area (Å²) in [5, 5.41) is 4.95. The molecule has 1 fully saturated rings. The molecule has 0 radical (unpaired) electrons. The van der Waals surface area contributed by atoms with E-state index in [4.69, 9.17) is 14.5 Å². The number of aryl methyl sites for hydroxylation is 1. The van der Waals surface area contributed by atoms with E-state index in [1.54, 1.807) is 11.2 Å². The number of piperidine rings is 1. The van der Waals surface area contributed by atoms with Crippen LogP contribution >= 0.6 is 0 Å². The molecule has 7 heteroatoms. The molecule has 31 heavy (non-hydrogen) atoms. The molecular weight excluding hydrogens is 390 g/mol. The SMILES string of the molecule is Cc1occc1-c1nc(-c2ccc3c(c2)C(C)(C)C(=O)N3C)n(C2CCN(C)CC2)n1. The van der Waals surface area contributed by atoms with Crippen LogP contribution in [0.4, 0.5) is 5.69 Å². The molecule has 5 rings (SSSR count). The van der Waals surface area contributed by atoms with E-state index >= 15 is 0 Å². The molecule has 0 saturated carbocycles. The molecule has 2 aliphatic rings. The lowest BCUT2D eigenvalue weighted by atomic mass is 9.85. The van der Waals surface area contributed by atoms with Gasteiger partial charge in [-0.05, 0) is 83.6 Å². The average Bonchev–Trinajstić information content (AvgIpc) is 3.42. The number of fused-ring (bicyclic) bond motifs is 1. The zero-order valence-electron chi connectivity index (χ0n) is 18.8.